The molecule has 0 radical (unpaired) electrons. The Morgan fingerprint density at radius 1 is 1.67 bits per heavy atom. The predicted octanol–water partition coefficient (Wildman–Crippen LogP) is 1.56. The molecule has 0 atom stereocenters. The van der Waals surface area contributed by atoms with Crippen molar-refractivity contribution in [2.45, 2.75) is 20.4 Å². The smallest absolute Gasteiger partial charge is 0.313 e. The Labute approximate surface area is 89.1 Å². The fraction of sp³-hybridized carbons (Fsp3) is 0.455. The van der Waals surface area contributed by atoms with Gasteiger partial charge in [-0.2, -0.15) is 5.26 Å². The second-order valence-electron chi connectivity index (χ2n) is 4.01. The third-order valence-corrected chi connectivity index (χ3v) is 2.25. The van der Waals surface area contributed by atoms with Gasteiger partial charge in [0.2, 0.25) is 0 Å². The molecule has 0 spiro atoms. The van der Waals surface area contributed by atoms with Gasteiger partial charge < -0.3 is 9.30 Å². The Hall–Kier alpha value is -1.76. The number of nitriles is 1. The number of hydrogen-bond donors (Lipinski definition) is 0. The molecule has 1 heterocycles. The van der Waals surface area contributed by atoms with Crippen LogP contribution in [0, 0.1) is 16.7 Å². The average molecular weight is 206 g/mol. The number of rotatable bonds is 3. The van der Waals surface area contributed by atoms with Crippen LogP contribution in [0.4, 0.5) is 0 Å². The molecule has 0 aliphatic heterocycles. The largest absolute Gasteiger partial charge is 0.469 e. The van der Waals surface area contributed by atoms with E-state index in [1.54, 1.807) is 36.7 Å². The van der Waals surface area contributed by atoms with Crippen LogP contribution in [0.25, 0.3) is 0 Å². The highest BCUT2D eigenvalue weighted by Gasteiger charge is 2.29. The van der Waals surface area contributed by atoms with E-state index in [9.17, 15) is 4.79 Å². The normalized spacial score (nSPS) is 10.8. The molecule has 4 heteroatoms. The van der Waals surface area contributed by atoms with Crippen LogP contribution >= 0.6 is 0 Å². The van der Waals surface area contributed by atoms with E-state index in [1.165, 1.54) is 7.11 Å². The summed E-state index contributed by atoms with van der Waals surface area (Å²) in [4.78, 5) is 11.4. The van der Waals surface area contributed by atoms with Crippen LogP contribution in [0.3, 0.4) is 0 Å². The molecule has 80 valence electrons. The van der Waals surface area contributed by atoms with Gasteiger partial charge in [-0.25, -0.2) is 0 Å². The van der Waals surface area contributed by atoms with E-state index < -0.39 is 5.41 Å². The molecule has 0 unspecified atom stereocenters. The minimum Gasteiger partial charge on any atom is -0.469 e. The second kappa shape index (κ2) is 4.18. The van der Waals surface area contributed by atoms with Gasteiger partial charge in [0.05, 0.1) is 12.5 Å². The summed E-state index contributed by atoms with van der Waals surface area (Å²) >= 11 is 0. The van der Waals surface area contributed by atoms with Gasteiger partial charge in [-0.05, 0) is 26.0 Å². The number of carbonyl (C=O) groups is 1. The summed E-state index contributed by atoms with van der Waals surface area (Å²) in [7, 11) is 1.37. The molecule has 0 aromatic carbocycles. The Kier molecular flexibility index (Phi) is 3.15. The lowest BCUT2D eigenvalue weighted by atomic mass is 9.93. The molecule has 15 heavy (non-hydrogen) atoms. The first kappa shape index (κ1) is 11.3. The number of carbonyl (C=O) groups excluding carboxylic acids is 1. The zero-order chi connectivity index (χ0) is 11.5. The topological polar surface area (TPSA) is 55.0 Å². The van der Waals surface area contributed by atoms with E-state index in [4.69, 9.17) is 10.00 Å². The summed E-state index contributed by atoms with van der Waals surface area (Å²) in [5.74, 6) is -0.278. The second-order valence-corrected chi connectivity index (χ2v) is 4.01. The van der Waals surface area contributed by atoms with Crippen molar-refractivity contribution in [3.63, 3.8) is 0 Å². The Balaban J connectivity index is 2.87. The third-order valence-electron chi connectivity index (χ3n) is 2.25. The van der Waals surface area contributed by atoms with E-state index in [-0.39, 0.29) is 5.97 Å². The van der Waals surface area contributed by atoms with Crippen molar-refractivity contribution >= 4 is 5.97 Å². The number of nitrogens with zero attached hydrogens (tertiary/aromatic N) is 2. The van der Waals surface area contributed by atoms with Gasteiger partial charge in [0.1, 0.15) is 11.8 Å². The van der Waals surface area contributed by atoms with Gasteiger partial charge in [0.15, 0.2) is 0 Å². The van der Waals surface area contributed by atoms with Gasteiger partial charge >= 0.3 is 5.97 Å². The highest BCUT2D eigenvalue weighted by molar-refractivity contribution is 5.75. The maximum atomic E-state index is 11.4. The van der Waals surface area contributed by atoms with Gasteiger partial charge in [0.25, 0.3) is 0 Å². The van der Waals surface area contributed by atoms with E-state index in [1.807, 2.05) is 0 Å². The first-order valence-electron chi connectivity index (χ1n) is 4.65. The molecular formula is C11H14N2O2. The monoisotopic (exact) mass is 206 g/mol. The van der Waals surface area contributed by atoms with Crippen LogP contribution in [-0.4, -0.2) is 17.6 Å². The Morgan fingerprint density at radius 2 is 2.33 bits per heavy atom. The molecular weight excluding hydrogens is 192 g/mol. The maximum Gasteiger partial charge on any atom is 0.313 e. The quantitative estimate of drug-likeness (QED) is 0.705. The molecule has 4 nitrogen and oxygen atoms in total. The van der Waals surface area contributed by atoms with E-state index in [0.717, 1.165) is 0 Å². The lowest BCUT2D eigenvalue weighted by Gasteiger charge is -2.22. The zero-order valence-corrected chi connectivity index (χ0v) is 9.15. The molecule has 0 aliphatic carbocycles. The number of esters is 1. The van der Waals surface area contributed by atoms with Gasteiger partial charge in [-0.15, -0.1) is 0 Å². The van der Waals surface area contributed by atoms with Crippen LogP contribution in [0.5, 0.6) is 0 Å². The minimum absolute atomic E-state index is 0.278. The van der Waals surface area contributed by atoms with Crippen LogP contribution in [0.15, 0.2) is 18.3 Å². The summed E-state index contributed by atoms with van der Waals surface area (Å²) in [6.07, 6.45) is 1.78. The molecule has 0 N–H and O–H groups in total. The molecule has 0 bridgehead atoms. The van der Waals surface area contributed by atoms with E-state index >= 15 is 0 Å². The lowest BCUT2D eigenvalue weighted by molar-refractivity contribution is -0.151. The number of hydrogen-bond acceptors (Lipinski definition) is 3. The van der Waals surface area contributed by atoms with E-state index in [0.29, 0.717) is 12.2 Å². The summed E-state index contributed by atoms with van der Waals surface area (Å²) in [5.41, 5.74) is -0.0775. The molecule has 0 aliphatic rings. The fourth-order valence-corrected chi connectivity index (χ4v) is 1.42. The number of ether oxygens (including phenoxy) is 1. The SMILES string of the molecule is COC(=O)C(C)(C)Cn1cccc1C#N. The zero-order valence-electron chi connectivity index (χ0n) is 9.15. The van der Waals surface area contributed by atoms with Crippen molar-refractivity contribution in [2.75, 3.05) is 7.11 Å². The van der Waals surface area contributed by atoms with Crippen LogP contribution in [0.1, 0.15) is 19.5 Å². The van der Waals surface area contributed by atoms with Crippen molar-refractivity contribution in [1.29, 1.82) is 5.26 Å². The maximum absolute atomic E-state index is 11.4. The highest BCUT2D eigenvalue weighted by Crippen LogP contribution is 2.21. The summed E-state index contributed by atoms with van der Waals surface area (Å²) in [5, 5.41) is 8.81. The average Bonchev–Trinajstić information content (AvgIpc) is 2.63. The predicted molar refractivity (Wildman–Crippen MR) is 54.9 cm³/mol. The van der Waals surface area contributed by atoms with Crippen LogP contribution < -0.4 is 0 Å². The van der Waals surface area contributed by atoms with Crippen LogP contribution in [-0.2, 0) is 16.1 Å². The molecule has 0 saturated carbocycles. The fourth-order valence-electron chi connectivity index (χ4n) is 1.42. The van der Waals surface area contributed by atoms with Crippen LogP contribution in [0.2, 0.25) is 0 Å². The van der Waals surface area contributed by atoms with Crippen molar-refractivity contribution in [1.82, 2.24) is 4.57 Å². The first-order valence-corrected chi connectivity index (χ1v) is 4.65. The molecule has 0 amide bonds. The van der Waals surface area contributed by atoms with Crippen molar-refractivity contribution in [3.05, 3.63) is 24.0 Å². The molecule has 1 aromatic rings. The van der Waals surface area contributed by atoms with Gasteiger partial charge in [0, 0.05) is 12.7 Å². The third kappa shape index (κ3) is 2.38. The highest BCUT2D eigenvalue weighted by atomic mass is 16.5. The van der Waals surface area contributed by atoms with E-state index in [2.05, 4.69) is 6.07 Å². The summed E-state index contributed by atoms with van der Waals surface area (Å²) in [6, 6.07) is 5.57. The van der Waals surface area contributed by atoms with Gasteiger partial charge in [-0.3, -0.25) is 4.79 Å². The van der Waals surface area contributed by atoms with Gasteiger partial charge in [-0.1, -0.05) is 0 Å². The van der Waals surface area contributed by atoms with Crippen molar-refractivity contribution < 1.29 is 9.53 Å². The molecule has 0 fully saturated rings. The standard InChI is InChI=1S/C11H14N2O2/c1-11(2,10(14)15-3)8-13-6-4-5-9(13)7-12/h4-6H,8H2,1-3H3. The van der Waals surface area contributed by atoms with Crippen molar-refractivity contribution in [3.8, 4) is 6.07 Å². The van der Waals surface area contributed by atoms with Crippen molar-refractivity contribution in [2.24, 2.45) is 5.41 Å². The number of aromatic nitrogens is 1. The Bertz CT molecular complexity index is 399. The number of methoxy groups -OCH3 is 1. The first-order chi connectivity index (χ1) is 7.01. The summed E-state index contributed by atoms with van der Waals surface area (Å²) < 4.78 is 6.45. The summed E-state index contributed by atoms with van der Waals surface area (Å²) in [6.45, 7) is 4.02. The lowest BCUT2D eigenvalue weighted by Crippen LogP contribution is -2.30. The molecule has 1 rings (SSSR count). The minimum atomic E-state index is -0.626. The molecule has 1 aromatic heterocycles. The molecule has 0 saturated heterocycles. The Morgan fingerprint density at radius 3 is 2.87 bits per heavy atom.